The number of nitriles is 2. The summed E-state index contributed by atoms with van der Waals surface area (Å²) >= 11 is 4.15. The summed E-state index contributed by atoms with van der Waals surface area (Å²) in [4.78, 5) is 0. The predicted octanol–water partition coefficient (Wildman–Crippen LogP) is 1.55. The molecule has 1 aromatic rings. The van der Waals surface area contributed by atoms with Gasteiger partial charge in [0.15, 0.2) is 0 Å². The summed E-state index contributed by atoms with van der Waals surface area (Å²) in [6, 6.07) is 5.06. The fraction of sp³-hybridized carbons (Fsp3) is 0.250. The van der Waals surface area contributed by atoms with E-state index in [1.165, 1.54) is 0 Å². The molecule has 1 heterocycles. The average molecular weight is 320 g/mol. The van der Waals surface area contributed by atoms with Crippen LogP contribution in [0.25, 0.3) is 0 Å². The number of hydrogen-bond donors (Lipinski definition) is 0. The van der Waals surface area contributed by atoms with Crippen LogP contribution in [0, 0.1) is 22.7 Å². The molecule has 0 aromatic carbocycles. The van der Waals surface area contributed by atoms with E-state index in [4.69, 9.17) is 10.5 Å². The Labute approximate surface area is 106 Å². The molecule has 5 nitrogen and oxygen atoms in total. The van der Waals surface area contributed by atoms with Crippen LogP contribution in [0.4, 0.5) is 0 Å². The Hall–Kier alpha value is -0.930. The number of halogens is 1. The number of nitrogens with zero attached hydrogens (tertiary/aromatic N) is 3. The van der Waals surface area contributed by atoms with E-state index in [-0.39, 0.29) is 17.3 Å². The first-order valence-electron chi connectivity index (χ1n) is 4.01. The average Bonchev–Trinajstić information content (AvgIpc) is 2.65. The molecule has 0 N–H and O–H groups in total. The Balaban J connectivity index is 3.15. The van der Waals surface area contributed by atoms with Crippen molar-refractivity contribution in [3.63, 3.8) is 0 Å². The molecule has 0 radical (unpaired) electrons. The summed E-state index contributed by atoms with van der Waals surface area (Å²) < 4.78 is 25.4. The zero-order valence-electron chi connectivity index (χ0n) is 7.92. The van der Waals surface area contributed by atoms with Crippen molar-refractivity contribution in [1.29, 1.82) is 10.5 Å². The van der Waals surface area contributed by atoms with E-state index in [0.29, 0.717) is 4.47 Å². The minimum Gasteiger partial charge on any atom is -0.206 e. The standard InChI is InChI=1S/C8H6BrN3O2S2/c9-7-1-6-15-8(7)16(13,14)12(4-2-10)5-3-11/h1,6H,4-5H2. The number of rotatable bonds is 4. The second-order valence-corrected chi connectivity index (χ2v) is 6.55. The van der Waals surface area contributed by atoms with Gasteiger partial charge in [0, 0.05) is 4.47 Å². The van der Waals surface area contributed by atoms with Gasteiger partial charge in [0.1, 0.15) is 17.3 Å². The molecule has 0 aliphatic heterocycles. The molecule has 1 rings (SSSR count). The summed E-state index contributed by atoms with van der Waals surface area (Å²) in [7, 11) is -3.75. The maximum Gasteiger partial charge on any atom is 0.255 e. The van der Waals surface area contributed by atoms with Gasteiger partial charge >= 0.3 is 0 Å². The molecule has 0 saturated carbocycles. The maximum atomic E-state index is 12.0. The molecule has 1 aromatic heterocycles. The largest absolute Gasteiger partial charge is 0.255 e. The lowest BCUT2D eigenvalue weighted by molar-refractivity contribution is 0.481. The topological polar surface area (TPSA) is 85.0 Å². The van der Waals surface area contributed by atoms with Crippen LogP contribution in [0.3, 0.4) is 0 Å². The molecular weight excluding hydrogens is 314 g/mol. The zero-order valence-corrected chi connectivity index (χ0v) is 11.1. The lowest BCUT2D eigenvalue weighted by atomic mass is 10.6. The van der Waals surface area contributed by atoms with Crippen molar-refractivity contribution in [1.82, 2.24) is 4.31 Å². The molecule has 0 spiro atoms. The van der Waals surface area contributed by atoms with Gasteiger partial charge in [0.2, 0.25) is 0 Å². The highest BCUT2D eigenvalue weighted by Crippen LogP contribution is 2.29. The van der Waals surface area contributed by atoms with Gasteiger partial charge in [0.25, 0.3) is 10.0 Å². The molecule has 0 atom stereocenters. The summed E-state index contributed by atoms with van der Waals surface area (Å²) in [5.74, 6) is 0. The van der Waals surface area contributed by atoms with Crippen LogP contribution in [0.5, 0.6) is 0 Å². The Morgan fingerprint density at radius 2 is 1.94 bits per heavy atom. The van der Waals surface area contributed by atoms with E-state index in [0.717, 1.165) is 15.6 Å². The molecule has 0 saturated heterocycles. The lowest BCUT2D eigenvalue weighted by Crippen LogP contribution is -2.31. The SMILES string of the molecule is N#CCN(CC#N)S(=O)(=O)c1sccc1Br. The Bertz CT molecular complexity index is 537. The van der Waals surface area contributed by atoms with Crippen LogP contribution in [0.15, 0.2) is 20.1 Å². The molecule has 0 aliphatic carbocycles. The van der Waals surface area contributed by atoms with Gasteiger partial charge in [-0.15, -0.1) is 11.3 Å². The van der Waals surface area contributed by atoms with E-state index >= 15 is 0 Å². The van der Waals surface area contributed by atoms with Crippen molar-refractivity contribution in [3.05, 3.63) is 15.9 Å². The van der Waals surface area contributed by atoms with E-state index in [1.54, 1.807) is 23.6 Å². The van der Waals surface area contributed by atoms with Crippen LogP contribution < -0.4 is 0 Å². The van der Waals surface area contributed by atoms with Gasteiger partial charge < -0.3 is 0 Å². The van der Waals surface area contributed by atoms with Crippen LogP contribution in [0.1, 0.15) is 0 Å². The highest BCUT2D eigenvalue weighted by atomic mass is 79.9. The monoisotopic (exact) mass is 319 g/mol. The first-order valence-corrected chi connectivity index (χ1v) is 7.12. The third kappa shape index (κ3) is 2.60. The quantitative estimate of drug-likeness (QED) is 0.788. The zero-order chi connectivity index (χ0) is 12.2. The minimum absolute atomic E-state index is 0.109. The fourth-order valence-electron chi connectivity index (χ4n) is 0.965. The third-order valence-corrected chi connectivity index (χ3v) is 6.09. The first kappa shape index (κ1) is 13.1. The molecule has 0 amide bonds. The Morgan fingerprint density at radius 1 is 1.38 bits per heavy atom. The summed E-state index contributed by atoms with van der Waals surface area (Å²) in [5, 5.41) is 18.7. The van der Waals surface area contributed by atoms with Crippen LogP contribution >= 0.6 is 27.3 Å². The van der Waals surface area contributed by atoms with E-state index in [2.05, 4.69) is 15.9 Å². The summed E-state index contributed by atoms with van der Waals surface area (Å²) in [6.07, 6.45) is 0. The van der Waals surface area contributed by atoms with Crippen LogP contribution in [-0.2, 0) is 10.0 Å². The fourth-order valence-corrected chi connectivity index (χ4v) is 4.65. The van der Waals surface area contributed by atoms with Crippen LogP contribution in [-0.4, -0.2) is 25.8 Å². The van der Waals surface area contributed by atoms with Gasteiger partial charge in [-0.1, -0.05) is 0 Å². The van der Waals surface area contributed by atoms with Gasteiger partial charge in [-0.3, -0.25) is 0 Å². The van der Waals surface area contributed by atoms with Crippen molar-refractivity contribution in [2.45, 2.75) is 4.21 Å². The van der Waals surface area contributed by atoms with Gasteiger partial charge in [-0.05, 0) is 27.4 Å². The first-order chi connectivity index (χ1) is 7.54. The molecule has 0 bridgehead atoms. The molecule has 0 unspecified atom stereocenters. The predicted molar refractivity (Wildman–Crippen MR) is 62.0 cm³/mol. The van der Waals surface area contributed by atoms with Gasteiger partial charge in [-0.25, -0.2) is 8.42 Å². The number of hydrogen-bond acceptors (Lipinski definition) is 5. The van der Waals surface area contributed by atoms with E-state index in [1.807, 2.05) is 0 Å². The highest BCUT2D eigenvalue weighted by molar-refractivity contribution is 9.10. The smallest absolute Gasteiger partial charge is 0.206 e. The number of sulfonamides is 1. The van der Waals surface area contributed by atoms with E-state index < -0.39 is 10.0 Å². The minimum atomic E-state index is -3.75. The molecule has 0 fully saturated rings. The van der Waals surface area contributed by atoms with E-state index in [9.17, 15) is 8.42 Å². The molecule has 16 heavy (non-hydrogen) atoms. The second kappa shape index (κ2) is 5.41. The maximum absolute atomic E-state index is 12.0. The number of thiophene rings is 1. The van der Waals surface area contributed by atoms with Gasteiger partial charge in [0.05, 0.1) is 12.1 Å². The van der Waals surface area contributed by atoms with Crippen LogP contribution in [0.2, 0.25) is 0 Å². The summed E-state index contributed by atoms with van der Waals surface area (Å²) in [6.45, 7) is -0.666. The Morgan fingerprint density at radius 3 is 2.31 bits per heavy atom. The molecule has 8 heteroatoms. The molecular formula is C8H6BrN3O2S2. The molecule has 0 aliphatic rings. The van der Waals surface area contributed by atoms with Crippen molar-refractivity contribution in [2.75, 3.05) is 13.1 Å². The van der Waals surface area contributed by atoms with Crippen molar-refractivity contribution < 1.29 is 8.42 Å². The normalized spacial score (nSPS) is 11.0. The highest BCUT2D eigenvalue weighted by Gasteiger charge is 2.27. The lowest BCUT2D eigenvalue weighted by Gasteiger charge is -2.14. The third-order valence-electron chi connectivity index (χ3n) is 1.65. The summed E-state index contributed by atoms with van der Waals surface area (Å²) in [5.41, 5.74) is 0. The molecule has 84 valence electrons. The van der Waals surface area contributed by atoms with Gasteiger partial charge in [-0.2, -0.15) is 14.8 Å². The van der Waals surface area contributed by atoms with Crippen molar-refractivity contribution >= 4 is 37.3 Å². The second-order valence-electron chi connectivity index (χ2n) is 2.65. The van der Waals surface area contributed by atoms with Crippen molar-refractivity contribution in [2.24, 2.45) is 0 Å². The Kier molecular flexibility index (Phi) is 4.44. The van der Waals surface area contributed by atoms with Crippen molar-refractivity contribution in [3.8, 4) is 12.1 Å².